The van der Waals surface area contributed by atoms with Gasteiger partial charge in [-0.25, -0.2) is 0 Å². The zero-order chi connectivity index (χ0) is 25.5. The van der Waals surface area contributed by atoms with E-state index in [0.717, 1.165) is 11.1 Å². The Labute approximate surface area is 198 Å². The molecule has 186 valence electrons. The average Bonchev–Trinajstić information content (AvgIpc) is 2.93. The molecule has 1 aliphatic carbocycles. The first-order valence-electron chi connectivity index (χ1n) is 10.8. The van der Waals surface area contributed by atoms with Gasteiger partial charge in [-0.2, -0.15) is 26.3 Å². The number of benzene rings is 1. The summed E-state index contributed by atoms with van der Waals surface area (Å²) in [6, 6.07) is 1.37. The molecule has 0 bridgehead atoms. The summed E-state index contributed by atoms with van der Waals surface area (Å²) >= 11 is 0. The van der Waals surface area contributed by atoms with Gasteiger partial charge in [-0.05, 0) is 59.9 Å². The van der Waals surface area contributed by atoms with Crippen LogP contribution in [0.5, 0.6) is 0 Å². The molecule has 0 radical (unpaired) electrons. The summed E-state index contributed by atoms with van der Waals surface area (Å²) in [7, 11) is 1.70. The Hall–Kier alpha value is -3.43. The second-order valence-electron chi connectivity index (χ2n) is 8.47. The van der Waals surface area contributed by atoms with Crippen molar-refractivity contribution in [2.75, 3.05) is 20.2 Å². The Morgan fingerprint density at radius 1 is 1.03 bits per heavy atom. The fourth-order valence-electron chi connectivity index (χ4n) is 4.24. The number of allylic oxidation sites excluding steroid dienone is 6. The molecule has 0 unspecified atom stereocenters. The molecule has 1 aromatic rings. The summed E-state index contributed by atoms with van der Waals surface area (Å²) in [6.07, 6.45) is -0.119. The smallest absolute Gasteiger partial charge is 0.416 e. The number of nitrogens with zero attached hydrogens (tertiary/aromatic N) is 2. The minimum absolute atomic E-state index is 0.00535. The normalized spacial score (nSPS) is 21.1. The summed E-state index contributed by atoms with van der Waals surface area (Å²) < 4.78 is 85.7. The van der Waals surface area contributed by atoms with Crippen molar-refractivity contribution in [3.8, 4) is 0 Å². The molecular weight excluding hydrogens is 474 g/mol. The lowest BCUT2D eigenvalue weighted by atomic mass is 9.88. The Balaban J connectivity index is 1.75. The van der Waals surface area contributed by atoms with Gasteiger partial charge in [0.1, 0.15) is 12.2 Å². The highest BCUT2D eigenvalue weighted by molar-refractivity contribution is 6.00. The van der Waals surface area contributed by atoms with Gasteiger partial charge < -0.3 is 14.5 Å². The van der Waals surface area contributed by atoms with E-state index in [-0.39, 0.29) is 30.4 Å². The van der Waals surface area contributed by atoms with Gasteiger partial charge in [-0.15, -0.1) is 0 Å². The van der Waals surface area contributed by atoms with E-state index in [2.05, 4.69) is 0 Å². The third kappa shape index (κ3) is 5.01. The molecular formula is C25H22F6N2O2. The maximum Gasteiger partial charge on any atom is 0.416 e. The molecule has 0 fully saturated rings. The maximum absolute atomic E-state index is 13.7. The molecule has 2 heterocycles. The van der Waals surface area contributed by atoms with E-state index in [4.69, 9.17) is 4.74 Å². The summed E-state index contributed by atoms with van der Waals surface area (Å²) in [5, 5.41) is 0. The zero-order valence-electron chi connectivity index (χ0n) is 18.9. The van der Waals surface area contributed by atoms with E-state index in [1.54, 1.807) is 24.2 Å². The van der Waals surface area contributed by atoms with Crippen LogP contribution in [0.15, 0.2) is 76.9 Å². The van der Waals surface area contributed by atoms with Crippen molar-refractivity contribution in [3.05, 3.63) is 93.6 Å². The minimum atomic E-state index is -4.97. The number of alkyl halides is 6. The van der Waals surface area contributed by atoms with Crippen molar-refractivity contribution in [1.82, 2.24) is 9.80 Å². The van der Waals surface area contributed by atoms with Gasteiger partial charge in [-0.1, -0.05) is 18.2 Å². The van der Waals surface area contributed by atoms with Gasteiger partial charge in [0.05, 0.1) is 17.7 Å². The highest BCUT2D eigenvalue weighted by Crippen LogP contribution is 2.38. The summed E-state index contributed by atoms with van der Waals surface area (Å²) in [6.45, 7) is 1.50. The van der Waals surface area contributed by atoms with E-state index in [0.29, 0.717) is 30.0 Å². The molecule has 0 spiro atoms. The Morgan fingerprint density at radius 2 is 1.69 bits per heavy atom. The molecule has 2 aliphatic heterocycles. The number of ether oxygens (including phenoxy) is 1. The molecule has 0 aromatic heterocycles. The summed E-state index contributed by atoms with van der Waals surface area (Å²) in [4.78, 5) is 16.5. The SMILES string of the molecule is CC1=CC=CCC1=C1C=CN(C)C2=C1C(=O)N(Cc1cc(C(F)(F)F)cc(C(F)(F)F)c1)CCO2. The highest BCUT2D eigenvalue weighted by Gasteiger charge is 2.38. The Morgan fingerprint density at radius 3 is 2.29 bits per heavy atom. The average molecular weight is 496 g/mol. The molecule has 4 nitrogen and oxygen atoms in total. The van der Waals surface area contributed by atoms with Gasteiger partial charge in [0, 0.05) is 19.8 Å². The predicted molar refractivity (Wildman–Crippen MR) is 116 cm³/mol. The van der Waals surface area contributed by atoms with Crippen LogP contribution in [-0.2, 0) is 28.4 Å². The lowest BCUT2D eigenvalue weighted by Crippen LogP contribution is -2.34. The number of carbonyl (C=O) groups excluding carboxylic acids is 1. The Bertz CT molecular complexity index is 1170. The van der Waals surface area contributed by atoms with Gasteiger partial charge in [0.25, 0.3) is 5.91 Å². The molecule has 0 saturated heterocycles. The number of hydrogen-bond acceptors (Lipinski definition) is 3. The Kier molecular flexibility index (Phi) is 6.33. The molecule has 0 atom stereocenters. The van der Waals surface area contributed by atoms with Crippen molar-refractivity contribution in [3.63, 3.8) is 0 Å². The first kappa shape index (κ1) is 24.7. The van der Waals surface area contributed by atoms with Crippen LogP contribution in [0.3, 0.4) is 0 Å². The van der Waals surface area contributed by atoms with Crippen molar-refractivity contribution < 1.29 is 35.9 Å². The fraction of sp³-hybridized carbons (Fsp3) is 0.320. The lowest BCUT2D eigenvalue weighted by molar-refractivity contribution is -0.143. The predicted octanol–water partition coefficient (Wildman–Crippen LogP) is 5.96. The van der Waals surface area contributed by atoms with E-state index in [1.807, 2.05) is 25.2 Å². The van der Waals surface area contributed by atoms with Crippen LogP contribution < -0.4 is 0 Å². The molecule has 1 amide bonds. The molecule has 0 N–H and O–H groups in total. The van der Waals surface area contributed by atoms with Crippen LogP contribution in [0.4, 0.5) is 26.3 Å². The van der Waals surface area contributed by atoms with Gasteiger partial charge in [-0.3, -0.25) is 4.79 Å². The molecule has 1 aromatic carbocycles. The maximum atomic E-state index is 13.7. The number of rotatable bonds is 2. The van der Waals surface area contributed by atoms with Crippen molar-refractivity contribution in [2.45, 2.75) is 32.2 Å². The van der Waals surface area contributed by atoms with Crippen LogP contribution in [0.1, 0.15) is 30.0 Å². The third-order valence-corrected chi connectivity index (χ3v) is 6.00. The summed E-state index contributed by atoms with van der Waals surface area (Å²) in [5.74, 6) is -0.227. The molecule has 4 rings (SSSR count). The van der Waals surface area contributed by atoms with Crippen LogP contribution >= 0.6 is 0 Å². The molecule has 3 aliphatic rings. The molecule has 10 heteroatoms. The van der Waals surface area contributed by atoms with E-state index < -0.39 is 35.9 Å². The lowest BCUT2D eigenvalue weighted by Gasteiger charge is -2.28. The van der Waals surface area contributed by atoms with E-state index in [9.17, 15) is 31.1 Å². The number of carbonyl (C=O) groups is 1. The van der Waals surface area contributed by atoms with E-state index >= 15 is 0 Å². The molecule has 35 heavy (non-hydrogen) atoms. The first-order valence-corrected chi connectivity index (χ1v) is 10.8. The third-order valence-electron chi connectivity index (χ3n) is 6.00. The number of amides is 1. The van der Waals surface area contributed by atoms with E-state index in [1.165, 1.54) is 4.90 Å². The second kappa shape index (κ2) is 8.98. The number of halogens is 6. The fourth-order valence-corrected chi connectivity index (χ4v) is 4.24. The molecule has 0 saturated carbocycles. The van der Waals surface area contributed by atoms with Crippen LogP contribution in [0.2, 0.25) is 0 Å². The largest absolute Gasteiger partial charge is 0.476 e. The first-order chi connectivity index (χ1) is 16.4. The van der Waals surface area contributed by atoms with Crippen molar-refractivity contribution in [2.24, 2.45) is 0 Å². The topological polar surface area (TPSA) is 32.8 Å². The van der Waals surface area contributed by atoms with Gasteiger partial charge in [0.2, 0.25) is 5.88 Å². The zero-order valence-corrected chi connectivity index (χ0v) is 18.9. The van der Waals surface area contributed by atoms with Crippen molar-refractivity contribution in [1.29, 1.82) is 0 Å². The summed E-state index contributed by atoms with van der Waals surface area (Å²) in [5.41, 5.74) is -0.421. The minimum Gasteiger partial charge on any atom is -0.476 e. The monoisotopic (exact) mass is 496 g/mol. The quantitative estimate of drug-likeness (QED) is 0.474. The highest BCUT2D eigenvalue weighted by atomic mass is 19.4. The van der Waals surface area contributed by atoms with Gasteiger partial charge in [0.15, 0.2) is 0 Å². The second-order valence-corrected chi connectivity index (χ2v) is 8.47. The van der Waals surface area contributed by atoms with Crippen LogP contribution in [-0.4, -0.2) is 35.9 Å². The number of hydrogen-bond donors (Lipinski definition) is 0. The van der Waals surface area contributed by atoms with Crippen molar-refractivity contribution >= 4 is 5.91 Å². The van der Waals surface area contributed by atoms with Crippen LogP contribution in [0, 0.1) is 0 Å². The standard InChI is InChI=1S/C25H22F6N2O2/c1-15-5-3-4-6-19(15)20-7-8-32(2)23-21(20)22(34)33(9-10-35-23)14-16-11-17(24(26,27)28)13-18(12-16)25(29,30)31/h3-5,7-8,11-13H,6,9-10,14H2,1-2H3. The van der Waals surface area contributed by atoms with Gasteiger partial charge >= 0.3 is 12.4 Å². The van der Waals surface area contributed by atoms with Crippen LogP contribution in [0.25, 0.3) is 0 Å².